The third kappa shape index (κ3) is 5.82. The molecule has 1 saturated heterocycles. The number of guanidine groups is 1. The van der Waals surface area contributed by atoms with Gasteiger partial charge < -0.3 is 15.1 Å². The Bertz CT molecular complexity index is 452. The van der Waals surface area contributed by atoms with E-state index in [4.69, 9.17) is 0 Å². The molecule has 1 aliphatic heterocycles. The number of carbonyl (C=O) groups is 1. The van der Waals surface area contributed by atoms with E-state index in [0.717, 1.165) is 51.1 Å². The van der Waals surface area contributed by atoms with Crippen LogP contribution < -0.4 is 5.32 Å². The second-order valence-corrected chi connectivity index (χ2v) is 6.95. The molecular weight excluding hydrogens is 302 g/mol. The molecule has 0 radical (unpaired) electrons. The topological polar surface area (TPSA) is 51.2 Å². The molecule has 0 bridgehead atoms. The lowest BCUT2D eigenvalue weighted by Gasteiger charge is -2.37. The van der Waals surface area contributed by atoms with Gasteiger partial charge >= 0.3 is 0 Å². The lowest BCUT2D eigenvalue weighted by atomic mass is 9.94. The molecule has 1 aliphatic carbocycles. The van der Waals surface area contributed by atoms with Gasteiger partial charge in [-0.25, -0.2) is 0 Å². The smallest absolute Gasteiger partial charge is 0.223 e. The monoisotopic (exact) mass is 335 g/mol. The first-order valence-electron chi connectivity index (χ1n) is 9.13. The van der Waals surface area contributed by atoms with Gasteiger partial charge in [0.2, 0.25) is 5.91 Å². The van der Waals surface area contributed by atoms with Gasteiger partial charge in [-0.1, -0.05) is 12.2 Å². The van der Waals surface area contributed by atoms with E-state index in [1.807, 2.05) is 21.1 Å². The summed E-state index contributed by atoms with van der Waals surface area (Å²) in [5.74, 6) is 1.95. The number of aliphatic imine (C=N–C) groups is 1. The number of hydrogen-bond donors (Lipinski definition) is 1. The fraction of sp³-hybridized carbons (Fsp3) is 0.778. The van der Waals surface area contributed by atoms with Crippen LogP contribution in [0.5, 0.6) is 0 Å². The molecule has 1 atom stereocenters. The summed E-state index contributed by atoms with van der Waals surface area (Å²) in [5.41, 5.74) is 0. The van der Waals surface area contributed by atoms with Crippen LogP contribution in [0.3, 0.4) is 0 Å². The molecule has 6 heteroatoms. The number of hydrogen-bond acceptors (Lipinski definition) is 3. The normalized spacial score (nSPS) is 22.5. The van der Waals surface area contributed by atoms with E-state index >= 15 is 0 Å². The van der Waals surface area contributed by atoms with Gasteiger partial charge in [-0.3, -0.25) is 14.7 Å². The lowest BCUT2D eigenvalue weighted by Crippen LogP contribution is -2.53. The third-order valence-corrected chi connectivity index (χ3v) is 4.95. The van der Waals surface area contributed by atoms with E-state index in [1.165, 1.54) is 19.3 Å². The summed E-state index contributed by atoms with van der Waals surface area (Å²) in [5, 5.41) is 3.55. The van der Waals surface area contributed by atoms with Crippen molar-refractivity contribution < 1.29 is 4.79 Å². The summed E-state index contributed by atoms with van der Waals surface area (Å²) in [6, 6.07) is 0. The SMILES string of the molecule is CN=C(NCC1CC=CCC1)N1CCN(CCC(=O)N(C)C)CC1. The number of piperazine rings is 1. The molecule has 1 unspecified atom stereocenters. The van der Waals surface area contributed by atoms with Crippen LogP contribution in [0.4, 0.5) is 0 Å². The zero-order valence-corrected chi connectivity index (χ0v) is 15.5. The average Bonchev–Trinajstić information content (AvgIpc) is 2.62. The average molecular weight is 335 g/mol. The minimum atomic E-state index is 0.205. The van der Waals surface area contributed by atoms with E-state index in [0.29, 0.717) is 6.42 Å². The van der Waals surface area contributed by atoms with Gasteiger partial charge in [0.05, 0.1) is 0 Å². The molecule has 1 heterocycles. The maximum Gasteiger partial charge on any atom is 0.223 e. The third-order valence-electron chi connectivity index (χ3n) is 4.95. The van der Waals surface area contributed by atoms with Crippen LogP contribution in [-0.2, 0) is 4.79 Å². The Kier molecular flexibility index (Phi) is 7.56. The Balaban J connectivity index is 1.69. The number of rotatable bonds is 5. The van der Waals surface area contributed by atoms with Gasteiger partial charge in [-0.15, -0.1) is 0 Å². The van der Waals surface area contributed by atoms with Crippen LogP contribution in [0.25, 0.3) is 0 Å². The van der Waals surface area contributed by atoms with E-state index in [2.05, 4.69) is 32.3 Å². The number of carbonyl (C=O) groups excluding carboxylic acids is 1. The highest BCUT2D eigenvalue weighted by molar-refractivity contribution is 5.80. The Hall–Kier alpha value is -1.56. The molecule has 0 saturated carbocycles. The number of nitrogens with zero attached hydrogens (tertiary/aromatic N) is 4. The molecule has 0 spiro atoms. The van der Waals surface area contributed by atoms with Crippen molar-refractivity contribution in [3.63, 3.8) is 0 Å². The minimum absolute atomic E-state index is 0.205. The molecule has 1 N–H and O–H groups in total. The predicted molar refractivity (Wildman–Crippen MR) is 99.2 cm³/mol. The fourth-order valence-electron chi connectivity index (χ4n) is 3.27. The second-order valence-electron chi connectivity index (χ2n) is 6.95. The first-order chi connectivity index (χ1) is 11.6. The van der Waals surface area contributed by atoms with Gasteiger partial charge in [0, 0.05) is 66.8 Å². The highest BCUT2D eigenvalue weighted by Crippen LogP contribution is 2.17. The quantitative estimate of drug-likeness (QED) is 0.463. The molecule has 24 heavy (non-hydrogen) atoms. The Morgan fingerprint density at radius 2 is 2.00 bits per heavy atom. The molecule has 1 fully saturated rings. The van der Waals surface area contributed by atoms with Crippen molar-refractivity contribution >= 4 is 11.9 Å². The van der Waals surface area contributed by atoms with Crippen molar-refractivity contribution in [1.29, 1.82) is 0 Å². The van der Waals surface area contributed by atoms with Gasteiger partial charge in [-0.2, -0.15) is 0 Å². The highest BCUT2D eigenvalue weighted by Gasteiger charge is 2.21. The summed E-state index contributed by atoms with van der Waals surface area (Å²) in [6.45, 7) is 5.79. The van der Waals surface area contributed by atoms with Crippen LogP contribution in [0, 0.1) is 5.92 Å². The van der Waals surface area contributed by atoms with Crippen LogP contribution >= 0.6 is 0 Å². The zero-order chi connectivity index (χ0) is 17.4. The molecule has 6 nitrogen and oxygen atoms in total. The fourth-order valence-corrected chi connectivity index (χ4v) is 3.27. The molecule has 1 amide bonds. The van der Waals surface area contributed by atoms with Crippen molar-refractivity contribution in [3.8, 4) is 0 Å². The van der Waals surface area contributed by atoms with Gasteiger partial charge in [0.15, 0.2) is 5.96 Å². The lowest BCUT2D eigenvalue weighted by molar-refractivity contribution is -0.129. The largest absolute Gasteiger partial charge is 0.356 e. The maximum absolute atomic E-state index is 11.7. The van der Waals surface area contributed by atoms with Crippen LogP contribution in [0.15, 0.2) is 17.1 Å². The van der Waals surface area contributed by atoms with Gasteiger partial charge in [0.25, 0.3) is 0 Å². The van der Waals surface area contributed by atoms with E-state index in [9.17, 15) is 4.79 Å². The Morgan fingerprint density at radius 1 is 1.25 bits per heavy atom. The van der Waals surface area contributed by atoms with E-state index < -0.39 is 0 Å². The summed E-state index contributed by atoms with van der Waals surface area (Å²) in [7, 11) is 5.50. The number of nitrogens with one attached hydrogen (secondary N) is 1. The van der Waals surface area contributed by atoms with Crippen molar-refractivity contribution in [2.75, 3.05) is 60.4 Å². The van der Waals surface area contributed by atoms with Crippen molar-refractivity contribution in [1.82, 2.24) is 20.0 Å². The molecule has 0 aromatic heterocycles. The van der Waals surface area contributed by atoms with E-state index in [-0.39, 0.29) is 5.91 Å². The van der Waals surface area contributed by atoms with Crippen molar-refractivity contribution in [2.24, 2.45) is 10.9 Å². The van der Waals surface area contributed by atoms with Crippen LogP contribution in [0.1, 0.15) is 25.7 Å². The molecule has 0 aromatic rings. The van der Waals surface area contributed by atoms with Crippen molar-refractivity contribution in [3.05, 3.63) is 12.2 Å². The molecule has 2 rings (SSSR count). The number of allylic oxidation sites excluding steroid dienone is 2. The summed E-state index contributed by atoms with van der Waals surface area (Å²) in [4.78, 5) is 22.5. The van der Waals surface area contributed by atoms with Gasteiger partial charge in [-0.05, 0) is 25.2 Å². The summed E-state index contributed by atoms with van der Waals surface area (Å²) >= 11 is 0. The molecule has 136 valence electrons. The van der Waals surface area contributed by atoms with Crippen LogP contribution in [0.2, 0.25) is 0 Å². The first kappa shape index (κ1) is 18.8. The maximum atomic E-state index is 11.7. The molecule has 2 aliphatic rings. The summed E-state index contributed by atoms with van der Waals surface area (Å²) < 4.78 is 0. The Morgan fingerprint density at radius 3 is 2.58 bits per heavy atom. The zero-order valence-electron chi connectivity index (χ0n) is 15.5. The summed E-state index contributed by atoms with van der Waals surface area (Å²) in [6.07, 6.45) is 8.84. The van der Waals surface area contributed by atoms with Crippen LogP contribution in [-0.4, -0.2) is 87.0 Å². The Labute approximate surface area is 146 Å². The molecular formula is C18H33N5O. The number of amides is 1. The minimum Gasteiger partial charge on any atom is -0.356 e. The predicted octanol–water partition coefficient (Wildman–Crippen LogP) is 1.01. The highest BCUT2D eigenvalue weighted by atomic mass is 16.2. The molecule has 0 aromatic carbocycles. The first-order valence-corrected chi connectivity index (χ1v) is 9.13. The second kappa shape index (κ2) is 9.67. The standard InChI is InChI=1S/C18H33N5O/c1-19-18(20-15-16-7-5-4-6-8-16)23-13-11-22(12-14-23)10-9-17(24)21(2)3/h4-5,16H,6-15H2,1-3H3,(H,19,20). The van der Waals surface area contributed by atoms with Gasteiger partial charge in [0.1, 0.15) is 0 Å². The van der Waals surface area contributed by atoms with Crippen molar-refractivity contribution in [2.45, 2.75) is 25.7 Å². The van der Waals surface area contributed by atoms with E-state index in [1.54, 1.807) is 4.90 Å².